The van der Waals surface area contributed by atoms with Gasteiger partial charge in [-0.05, 0) is 12.8 Å². The normalized spacial score (nSPS) is 16.1. The fraction of sp³-hybridized carbons (Fsp3) is 0.889. The molecule has 0 aliphatic carbocycles. The first-order valence-electron chi connectivity index (χ1n) is 4.81. The van der Waals surface area contributed by atoms with E-state index in [2.05, 4.69) is 0 Å². The van der Waals surface area contributed by atoms with Crippen molar-refractivity contribution < 1.29 is 23.1 Å². The summed E-state index contributed by atoms with van der Waals surface area (Å²) < 4.78 is 37.1. The van der Waals surface area contributed by atoms with Crippen LogP contribution in [0.2, 0.25) is 0 Å². The summed E-state index contributed by atoms with van der Waals surface area (Å²) in [5.41, 5.74) is 5.46. The molecule has 0 fully saturated rings. The van der Waals surface area contributed by atoms with Gasteiger partial charge in [0.15, 0.2) is 0 Å². The number of nitrogens with two attached hydrogens (primary N) is 1. The van der Waals surface area contributed by atoms with Gasteiger partial charge in [0.05, 0.1) is 12.3 Å². The van der Waals surface area contributed by atoms with Crippen molar-refractivity contribution in [1.29, 1.82) is 0 Å². The molecule has 0 saturated carbocycles. The predicted octanol–water partition coefficient (Wildman–Crippen LogP) is 2.16. The standard InChI is InChI=1S/C9H16F3NO2/c1-2-3-7(13)4-6(5-8(14)15)9(10,11)12/h6-7H,2-5,13H2,1H3,(H,14,15)/t6-,7+/m0/s1. The molecule has 90 valence electrons. The molecular weight excluding hydrogens is 211 g/mol. The van der Waals surface area contributed by atoms with E-state index in [1.807, 2.05) is 6.92 Å². The molecule has 0 amide bonds. The van der Waals surface area contributed by atoms with E-state index in [9.17, 15) is 18.0 Å². The monoisotopic (exact) mass is 227 g/mol. The van der Waals surface area contributed by atoms with Crippen molar-refractivity contribution in [2.24, 2.45) is 11.7 Å². The lowest BCUT2D eigenvalue weighted by molar-refractivity contribution is -0.185. The number of halogens is 3. The Labute approximate surface area is 86.5 Å². The highest BCUT2D eigenvalue weighted by Crippen LogP contribution is 2.32. The van der Waals surface area contributed by atoms with Crippen LogP contribution in [0.5, 0.6) is 0 Å². The van der Waals surface area contributed by atoms with Crippen LogP contribution in [0.3, 0.4) is 0 Å². The van der Waals surface area contributed by atoms with Gasteiger partial charge in [0, 0.05) is 6.04 Å². The highest BCUT2D eigenvalue weighted by Gasteiger charge is 2.41. The van der Waals surface area contributed by atoms with Crippen molar-refractivity contribution in [1.82, 2.24) is 0 Å². The number of alkyl halides is 3. The third-order valence-electron chi connectivity index (χ3n) is 2.13. The predicted molar refractivity (Wildman–Crippen MR) is 49.3 cm³/mol. The van der Waals surface area contributed by atoms with Crippen LogP contribution in [0.4, 0.5) is 13.2 Å². The smallest absolute Gasteiger partial charge is 0.392 e. The van der Waals surface area contributed by atoms with Crippen molar-refractivity contribution >= 4 is 5.97 Å². The van der Waals surface area contributed by atoms with E-state index in [4.69, 9.17) is 10.8 Å². The number of rotatable bonds is 6. The lowest BCUT2D eigenvalue weighted by Crippen LogP contribution is -2.32. The summed E-state index contributed by atoms with van der Waals surface area (Å²) in [6.45, 7) is 1.82. The first-order chi connectivity index (χ1) is 6.77. The highest BCUT2D eigenvalue weighted by molar-refractivity contribution is 5.67. The second-order valence-corrected chi connectivity index (χ2v) is 3.62. The molecule has 0 heterocycles. The molecule has 3 N–H and O–H groups in total. The van der Waals surface area contributed by atoms with Gasteiger partial charge in [0.2, 0.25) is 0 Å². The highest BCUT2D eigenvalue weighted by atomic mass is 19.4. The Morgan fingerprint density at radius 3 is 2.33 bits per heavy atom. The van der Waals surface area contributed by atoms with Crippen LogP contribution in [0.25, 0.3) is 0 Å². The van der Waals surface area contributed by atoms with Crippen LogP contribution in [0.15, 0.2) is 0 Å². The number of carbonyl (C=O) groups is 1. The molecule has 2 atom stereocenters. The third-order valence-corrected chi connectivity index (χ3v) is 2.13. The summed E-state index contributed by atoms with van der Waals surface area (Å²) in [5.74, 6) is -3.28. The first-order valence-corrected chi connectivity index (χ1v) is 4.81. The van der Waals surface area contributed by atoms with Crippen LogP contribution in [0.1, 0.15) is 32.6 Å². The second kappa shape index (κ2) is 5.95. The van der Waals surface area contributed by atoms with Crippen LogP contribution in [0, 0.1) is 5.92 Å². The van der Waals surface area contributed by atoms with Crippen molar-refractivity contribution in [2.75, 3.05) is 0 Å². The average Bonchev–Trinajstić information content (AvgIpc) is 2.00. The van der Waals surface area contributed by atoms with Crippen molar-refractivity contribution in [3.8, 4) is 0 Å². The molecule has 0 radical (unpaired) electrons. The van der Waals surface area contributed by atoms with Gasteiger partial charge in [-0.15, -0.1) is 0 Å². The van der Waals surface area contributed by atoms with Gasteiger partial charge >= 0.3 is 12.1 Å². The molecule has 0 aliphatic rings. The number of aliphatic carboxylic acids is 1. The summed E-state index contributed by atoms with van der Waals surface area (Å²) in [6.07, 6.45) is -4.53. The Hall–Kier alpha value is -0.780. The molecule has 0 aliphatic heterocycles. The maximum absolute atomic E-state index is 12.4. The van der Waals surface area contributed by atoms with Gasteiger partial charge < -0.3 is 10.8 Å². The van der Waals surface area contributed by atoms with Crippen LogP contribution in [-0.2, 0) is 4.79 Å². The minimum Gasteiger partial charge on any atom is -0.481 e. The quantitative estimate of drug-likeness (QED) is 0.730. The Morgan fingerprint density at radius 1 is 1.47 bits per heavy atom. The number of carboxylic acid groups (broad SMARTS) is 1. The molecule has 0 bridgehead atoms. The maximum atomic E-state index is 12.4. The zero-order valence-electron chi connectivity index (χ0n) is 8.55. The molecule has 0 rings (SSSR count). The summed E-state index contributed by atoms with van der Waals surface area (Å²) in [7, 11) is 0. The molecule has 6 heteroatoms. The van der Waals surface area contributed by atoms with Crippen LogP contribution in [-0.4, -0.2) is 23.3 Å². The Bertz CT molecular complexity index is 206. The van der Waals surface area contributed by atoms with Crippen molar-refractivity contribution in [3.63, 3.8) is 0 Å². The van der Waals surface area contributed by atoms with E-state index < -0.39 is 30.5 Å². The van der Waals surface area contributed by atoms with Crippen LogP contribution < -0.4 is 5.73 Å². The second-order valence-electron chi connectivity index (χ2n) is 3.62. The van der Waals surface area contributed by atoms with Gasteiger partial charge in [-0.2, -0.15) is 13.2 Å². The van der Waals surface area contributed by atoms with E-state index >= 15 is 0 Å². The molecule has 0 saturated heterocycles. The van der Waals surface area contributed by atoms with Gasteiger partial charge in [-0.3, -0.25) is 4.79 Å². The van der Waals surface area contributed by atoms with Crippen molar-refractivity contribution in [2.45, 2.75) is 44.8 Å². The lowest BCUT2D eigenvalue weighted by Gasteiger charge is -2.21. The third kappa shape index (κ3) is 6.33. The fourth-order valence-electron chi connectivity index (χ4n) is 1.40. The topological polar surface area (TPSA) is 63.3 Å². The largest absolute Gasteiger partial charge is 0.481 e. The zero-order chi connectivity index (χ0) is 12.1. The SMILES string of the molecule is CCC[C@@H](N)C[C@@H](CC(=O)O)C(F)(F)F. The van der Waals surface area contributed by atoms with Crippen molar-refractivity contribution in [3.05, 3.63) is 0 Å². The van der Waals surface area contributed by atoms with Gasteiger partial charge in [-0.25, -0.2) is 0 Å². The molecule has 15 heavy (non-hydrogen) atoms. The Balaban J connectivity index is 4.31. The van der Waals surface area contributed by atoms with E-state index in [1.165, 1.54) is 0 Å². The number of hydrogen-bond acceptors (Lipinski definition) is 2. The van der Waals surface area contributed by atoms with Gasteiger partial charge in [-0.1, -0.05) is 13.3 Å². The van der Waals surface area contributed by atoms with Gasteiger partial charge in [0.25, 0.3) is 0 Å². The molecule has 0 spiro atoms. The summed E-state index contributed by atoms with van der Waals surface area (Å²) in [5, 5.41) is 8.35. The molecule has 0 aromatic rings. The lowest BCUT2D eigenvalue weighted by atomic mass is 9.94. The Morgan fingerprint density at radius 2 is 2.00 bits per heavy atom. The van der Waals surface area contributed by atoms with Gasteiger partial charge in [0.1, 0.15) is 0 Å². The van der Waals surface area contributed by atoms with E-state index in [0.717, 1.165) is 0 Å². The van der Waals surface area contributed by atoms with E-state index in [0.29, 0.717) is 12.8 Å². The summed E-state index contributed by atoms with van der Waals surface area (Å²) in [6, 6.07) is -0.582. The van der Waals surface area contributed by atoms with E-state index in [-0.39, 0.29) is 6.42 Å². The minimum absolute atomic E-state index is 0.316. The fourth-order valence-corrected chi connectivity index (χ4v) is 1.40. The summed E-state index contributed by atoms with van der Waals surface area (Å²) in [4.78, 5) is 10.3. The molecular formula is C9H16F3NO2. The molecule has 0 aromatic heterocycles. The maximum Gasteiger partial charge on any atom is 0.392 e. The average molecular weight is 227 g/mol. The molecule has 3 nitrogen and oxygen atoms in total. The molecule has 0 aromatic carbocycles. The first kappa shape index (κ1) is 14.2. The number of hydrogen-bond donors (Lipinski definition) is 2. The summed E-state index contributed by atoms with van der Waals surface area (Å²) >= 11 is 0. The Kier molecular flexibility index (Phi) is 5.64. The minimum atomic E-state index is -4.48. The number of carboxylic acids is 1. The van der Waals surface area contributed by atoms with Crippen LogP contribution >= 0.6 is 0 Å². The van der Waals surface area contributed by atoms with E-state index in [1.54, 1.807) is 0 Å². The molecule has 0 unspecified atom stereocenters. The zero-order valence-corrected chi connectivity index (χ0v) is 8.55.